The van der Waals surface area contributed by atoms with E-state index < -0.39 is 10.0 Å². The molecule has 0 radical (unpaired) electrons. The highest BCUT2D eigenvalue weighted by atomic mass is 32.2. The molecular weight excluding hydrogens is 240 g/mol. The maximum atomic E-state index is 12.0. The van der Waals surface area contributed by atoms with Crippen molar-refractivity contribution in [1.82, 2.24) is 9.88 Å². The molecule has 1 aromatic carbocycles. The van der Waals surface area contributed by atoms with Gasteiger partial charge in [0, 0.05) is 6.07 Å². The van der Waals surface area contributed by atoms with Gasteiger partial charge in [-0.2, -0.15) is 0 Å². The van der Waals surface area contributed by atoms with Crippen LogP contribution in [0.15, 0.2) is 46.0 Å². The number of sulfonamides is 1. The Morgan fingerprint density at radius 1 is 1.29 bits per heavy atom. The SMILES string of the molecule is Cc1ccccc1S(=O)(=O)NCc1ccon1. The van der Waals surface area contributed by atoms with E-state index in [9.17, 15) is 8.42 Å². The lowest BCUT2D eigenvalue weighted by Gasteiger charge is -2.07. The molecule has 0 bridgehead atoms. The lowest BCUT2D eigenvalue weighted by Crippen LogP contribution is -2.24. The zero-order valence-corrected chi connectivity index (χ0v) is 10.1. The lowest BCUT2D eigenvalue weighted by atomic mass is 10.2. The van der Waals surface area contributed by atoms with Crippen LogP contribution in [-0.4, -0.2) is 13.6 Å². The molecule has 1 N–H and O–H groups in total. The standard InChI is InChI=1S/C11H12N2O3S/c1-9-4-2-3-5-11(9)17(14,15)12-8-10-6-7-16-13-10/h2-7,12H,8H2,1H3. The van der Waals surface area contributed by atoms with E-state index >= 15 is 0 Å². The van der Waals surface area contributed by atoms with Crippen LogP contribution in [0.25, 0.3) is 0 Å². The number of hydrogen-bond donors (Lipinski definition) is 1. The number of rotatable bonds is 4. The number of nitrogens with one attached hydrogen (secondary N) is 1. The van der Waals surface area contributed by atoms with E-state index in [2.05, 4.69) is 14.4 Å². The molecule has 0 saturated heterocycles. The Labute approximate surface area is 99.5 Å². The summed E-state index contributed by atoms with van der Waals surface area (Å²) in [5.41, 5.74) is 1.25. The summed E-state index contributed by atoms with van der Waals surface area (Å²) in [6.45, 7) is 1.87. The van der Waals surface area contributed by atoms with Crippen LogP contribution in [0.4, 0.5) is 0 Å². The molecule has 1 heterocycles. The number of benzene rings is 1. The fourth-order valence-corrected chi connectivity index (χ4v) is 2.68. The van der Waals surface area contributed by atoms with E-state index in [1.807, 2.05) is 0 Å². The first-order valence-electron chi connectivity index (χ1n) is 5.04. The summed E-state index contributed by atoms with van der Waals surface area (Å²) in [7, 11) is -3.50. The second-order valence-corrected chi connectivity index (χ2v) is 5.32. The molecule has 2 aromatic rings. The van der Waals surface area contributed by atoms with Gasteiger partial charge in [-0.3, -0.25) is 0 Å². The van der Waals surface area contributed by atoms with Crippen molar-refractivity contribution in [2.24, 2.45) is 0 Å². The third-order valence-electron chi connectivity index (χ3n) is 2.32. The van der Waals surface area contributed by atoms with Crippen molar-refractivity contribution in [1.29, 1.82) is 0 Å². The fourth-order valence-electron chi connectivity index (χ4n) is 1.43. The topological polar surface area (TPSA) is 72.2 Å². The second-order valence-electron chi connectivity index (χ2n) is 3.58. The summed E-state index contributed by atoms with van der Waals surface area (Å²) in [6, 6.07) is 8.43. The quantitative estimate of drug-likeness (QED) is 0.894. The minimum atomic E-state index is -3.50. The molecule has 0 atom stereocenters. The Kier molecular flexibility index (Phi) is 3.26. The molecule has 17 heavy (non-hydrogen) atoms. The van der Waals surface area contributed by atoms with Gasteiger partial charge in [-0.1, -0.05) is 23.4 Å². The maximum absolute atomic E-state index is 12.0. The molecule has 6 heteroatoms. The Bertz CT molecular complexity index is 591. The van der Waals surface area contributed by atoms with E-state index in [4.69, 9.17) is 0 Å². The van der Waals surface area contributed by atoms with Crippen LogP contribution in [0.1, 0.15) is 11.3 Å². The molecule has 0 spiro atoms. The molecule has 0 fully saturated rings. The summed E-state index contributed by atoms with van der Waals surface area (Å²) >= 11 is 0. The molecule has 0 saturated carbocycles. The summed E-state index contributed by atoms with van der Waals surface area (Å²) < 4.78 is 31.0. The summed E-state index contributed by atoms with van der Waals surface area (Å²) in [5, 5.41) is 3.63. The average molecular weight is 252 g/mol. The van der Waals surface area contributed by atoms with Crippen LogP contribution in [0.2, 0.25) is 0 Å². The zero-order valence-electron chi connectivity index (χ0n) is 9.25. The number of aryl methyl sites for hydroxylation is 1. The van der Waals surface area contributed by atoms with Crippen molar-refractivity contribution in [3.05, 3.63) is 47.9 Å². The van der Waals surface area contributed by atoms with Gasteiger partial charge in [0.25, 0.3) is 0 Å². The smallest absolute Gasteiger partial charge is 0.241 e. The van der Waals surface area contributed by atoms with Gasteiger partial charge >= 0.3 is 0 Å². The van der Waals surface area contributed by atoms with Crippen LogP contribution in [0.3, 0.4) is 0 Å². The molecule has 0 aliphatic rings. The molecule has 5 nitrogen and oxygen atoms in total. The third-order valence-corrected chi connectivity index (χ3v) is 3.88. The van der Waals surface area contributed by atoms with Gasteiger partial charge in [0.05, 0.1) is 17.1 Å². The Morgan fingerprint density at radius 3 is 2.71 bits per heavy atom. The van der Waals surface area contributed by atoms with Crippen molar-refractivity contribution in [2.75, 3.05) is 0 Å². The molecule has 1 aromatic heterocycles. The van der Waals surface area contributed by atoms with Crippen molar-refractivity contribution in [3.63, 3.8) is 0 Å². The van der Waals surface area contributed by atoms with Gasteiger partial charge in [0.1, 0.15) is 6.26 Å². The van der Waals surface area contributed by atoms with E-state index in [1.54, 1.807) is 37.3 Å². The van der Waals surface area contributed by atoms with Crippen molar-refractivity contribution in [3.8, 4) is 0 Å². The van der Waals surface area contributed by atoms with Gasteiger partial charge in [0.15, 0.2) is 0 Å². The average Bonchev–Trinajstić information content (AvgIpc) is 2.80. The van der Waals surface area contributed by atoms with Gasteiger partial charge in [0.2, 0.25) is 10.0 Å². The molecule has 0 aliphatic heterocycles. The maximum Gasteiger partial charge on any atom is 0.241 e. The number of nitrogens with zero attached hydrogens (tertiary/aromatic N) is 1. The number of aromatic nitrogens is 1. The van der Waals surface area contributed by atoms with E-state index in [1.165, 1.54) is 6.26 Å². The predicted octanol–water partition coefficient (Wildman–Crippen LogP) is 1.46. The fraction of sp³-hybridized carbons (Fsp3) is 0.182. The highest BCUT2D eigenvalue weighted by Gasteiger charge is 2.16. The largest absolute Gasteiger partial charge is 0.364 e. The summed E-state index contributed by atoms with van der Waals surface area (Å²) in [5.74, 6) is 0. The Hall–Kier alpha value is -1.66. The van der Waals surface area contributed by atoms with Crippen molar-refractivity contribution in [2.45, 2.75) is 18.4 Å². The molecule has 0 aliphatic carbocycles. The first kappa shape index (κ1) is 11.8. The van der Waals surface area contributed by atoms with Gasteiger partial charge in [-0.05, 0) is 18.6 Å². The zero-order chi connectivity index (χ0) is 12.3. The predicted molar refractivity (Wildman–Crippen MR) is 61.7 cm³/mol. The molecule has 2 rings (SSSR count). The highest BCUT2D eigenvalue weighted by Crippen LogP contribution is 2.14. The van der Waals surface area contributed by atoms with Crippen LogP contribution in [0, 0.1) is 6.92 Å². The van der Waals surface area contributed by atoms with Crippen molar-refractivity contribution >= 4 is 10.0 Å². The first-order valence-corrected chi connectivity index (χ1v) is 6.52. The van der Waals surface area contributed by atoms with Crippen molar-refractivity contribution < 1.29 is 12.9 Å². The van der Waals surface area contributed by atoms with E-state index in [-0.39, 0.29) is 11.4 Å². The van der Waals surface area contributed by atoms with Crippen LogP contribution < -0.4 is 4.72 Å². The van der Waals surface area contributed by atoms with Crippen LogP contribution >= 0.6 is 0 Å². The Balaban J connectivity index is 2.17. The molecular formula is C11H12N2O3S. The second kappa shape index (κ2) is 4.68. The first-order chi connectivity index (χ1) is 8.09. The Morgan fingerprint density at radius 2 is 2.06 bits per heavy atom. The van der Waals surface area contributed by atoms with Gasteiger partial charge in [-0.15, -0.1) is 0 Å². The number of hydrogen-bond acceptors (Lipinski definition) is 4. The minimum Gasteiger partial charge on any atom is -0.364 e. The molecule has 0 amide bonds. The van der Waals surface area contributed by atoms with Crippen LogP contribution in [-0.2, 0) is 16.6 Å². The molecule has 90 valence electrons. The lowest BCUT2D eigenvalue weighted by molar-refractivity contribution is 0.411. The summed E-state index contributed by atoms with van der Waals surface area (Å²) in [6.07, 6.45) is 1.40. The third kappa shape index (κ3) is 2.72. The highest BCUT2D eigenvalue weighted by molar-refractivity contribution is 7.89. The minimum absolute atomic E-state index is 0.118. The van der Waals surface area contributed by atoms with Crippen LogP contribution in [0.5, 0.6) is 0 Å². The van der Waals surface area contributed by atoms with E-state index in [0.717, 1.165) is 0 Å². The molecule has 0 unspecified atom stereocenters. The van der Waals surface area contributed by atoms with E-state index in [0.29, 0.717) is 11.3 Å². The normalized spacial score (nSPS) is 11.6. The monoisotopic (exact) mass is 252 g/mol. The van der Waals surface area contributed by atoms with Gasteiger partial charge in [-0.25, -0.2) is 13.1 Å². The summed E-state index contributed by atoms with van der Waals surface area (Å²) in [4.78, 5) is 0.281. The van der Waals surface area contributed by atoms with Gasteiger partial charge < -0.3 is 4.52 Å².